The Hall–Kier alpha value is -6.18. The number of amides is 3. The number of carbonyl (C=O) groups excluding carboxylic acids is 4. The molecule has 62 heavy (non-hydrogen) atoms. The summed E-state index contributed by atoms with van der Waals surface area (Å²) in [6.07, 6.45) is -1.68. The van der Waals surface area contributed by atoms with E-state index in [0.717, 1.165) is 42.3 Å². The first-order valence-electron chi connectivity index (χ1n) is 17.6. The number of hydrogen-bond acceptors (Lipinski definition) is 14. The molecule has 1 saturated heterocycles. The number of anilines is 1. The predicted molar refractivity (Wildman–Crippen MR) is 234 cm³/mol. The summed E-state index contributed by atoms with van der Waals surface area (Å²) >= 11 is 5.94. The van der Waals surface area contributed by atoms with E-state index in [2.05, 4.69) is 30.0 Å². The summed E-state index contributed by atoms with van der Waals surface area (Å²) in [6.45, 7) is 7.78. The van der Waals surface area contributed by atoms with E-state index in [1.165, 1.54) is 32.4 Å². The number of aliphatic imine (C=N–C) groups is 1. The van der Waals surface area contributed by atoms with Crippen LogP contribution in [0.1, 0.15) is 19.4 Å². The Morgan fingerprint density at radius 1 is 0.935 bits per heavy atom. The minimum absolute atomic E-state index is 0.00345. The highest BCUT2D eigenvalue weighted by Gasteiger charge is 2.28. The maximum Gasteiger partial charge on any atom is 0.503 e. The first-order chi connectivity index (χ1) is 29.1. The van der Waals surface area contributed by atoms with Gasteiger partial charge in [0, 0.05) is 67.4 Å². The van der Waals surface area contributed by atoms with Gasteiger partial charge in [0.15, 0.2) is 12.6 Å². The number of methoxy groups -OCH3 is 2. The highest BCUT2D eigenvalue weighted by molar-refractivity contribution is 8.76. The van der Waals surface area contributed by atoms with E-state index in [9.17, 15) is 23.6 Å². The van der Waals surface area contributed by atoms with Gasteiger partial charge in [-0.15, -0.1) is 0 Å². The Bertz CT molecular complexity index is 1740. The summed E-state index contributed by atoms with van der Waals surface area (Å²) in [5.74, 6) is 1.30. The molecule has 2 aromatic rings. The zero-order valence-corrected chi connectivity index (χ0v) is 36.6. The molecule has 1 aliphatic rings. The van der Waals surface area contributed by atoms with E-state index in [4.69, 9.17) is 69.0 Å². The second-order valence-electron chi connectivity index (χ2n) is 11.7. The van der Waals surface area contributed by atoms with Crippen molar-refractivity contribution >= 4 is 86.9 Å². The number of nitrogens with two attached hydrogens (primary N) is 3. The lowest BCUT2D eigenvalue weighted by Gasteiger charge is -2.39. The number of esters is 2. The molecule has 2 aromatic carbocycles. The highest BCUT2D eigenvalue weighted by atomic mass is 35.5. The number of hydrogen-bond donors (Lipinski definition) is 10. The van der Waals surface area contributed by atoms with Gasteiger partial charge in [-0.3, -0.25) is 20.1 Å². The number of rotatable bonds is 15. The molecule has 3 rings (SSSR count). The summed E-state index contributed by atoms with van der Waals surface area (Å²) in [4.78, 5) is 69.7. The fourth-order valence-corrected chi connectivity index (χ4v) is 6.29. The van der Waals surface area contributed by atoms with Crippen molar-refractivity contribution in [1.82, 2.24) is 15.1 Å². The maximum absolute atomic E-state index is 13.1. The first-order valence-corrected chi connectivity index (χ1v) is 20.5. The fourth-order valence-electron chi connectivity index (χ4n) is 4.35. The molecule has 1 fully saturated rings. The van der Waals surface area contributed by atoms with Gasteiger partial charge in [0.1, 0.15) is 11.6 Å². The quantitative estimate of drug-likeness (QED) is 0.0304. The van der Waals surface area contributed by atoms with Gasteiger partial charge in [0.2, 0.25) is 0 Å². The van der Waals surface area contributed by atoms with E-state index < -0.39 is 30.3 Å². The number of carboxylic acid groups (broad SMARTS) is 4. The van der Waals surface area contributed by atoms with Crippen molar-refractivity contribution in [1.29, 1.82) is 5.41 Å². The number of benzene rings is 2. The number of primary amides is 1. The molecular formula is C36H53ClFN9O13S2. The van der Waals surface area contributed by atoms with E-state index in [1.54, 1.807) is 57.7 Å². The Morgan fingerprint density at radius 3 is 1.97 bits per heavy atom. The second kappa shape index (κ2) is 34.5. The van der Waals surface area contributed by atoms with E-state index in [1.807, 2.05) is 6.92 Å². The molecule has 0 aliphatic carbocycles. The largest absolute Gasteiger partial charge is 0.503 e. The number of nitrogens with one attached hydrogen (secondary N) is 3. The molecule has 26 heteroatoms. The Balaban J connectivity index is 0. The molecule has 0 radical (unpaired) electrons. The number of ether oxygens (including phenoxy) is 3. The van der Waals surface area contributed by atoms with Crippen LogP contribution in [0.5, 0.6) is 5.75 Å². The molecule has 1 heterocycles. The van der Waals surface area contributed by atoms with Crippen molar-refractivity contribution < 1.29 is 67.8 Å². The molecule has 0 spiro atoms. The third-order valence-corrected chi connectivity index (χ3v) is 9.40. The van der Waals surface area contributed by atoms with Crippen molar-refractivity contribution in [3.63, 3.8) is 0 Å². The Labute approximate surface area is 369 Å². The minimum atomic E-state index is -1.83. The van der Waals surface area contributed by atoms with Crippen molar-refractivity contribution in [3.05, 3.63) is 71.0 Å². The smallest absolute Gasteiger partial charge is 0.482 e. The topological polar surface area (TPSA) is 356 Å². The van der Waals surface area contributed by atoms with Crippen molar-refractivity contribution in [2.45, 2.75) is 26.4 Å². The molecular weight excluding hydrogens is 885 g/mol. The average molecular weight is 938 g/mol. The van der Waals surface area contributed by atoms with Crippen LogP contribution < -0.4 is 32.6 Å². The molecule has 1 aliphatic heterocycles. The number of urea groups is 1. The lowest BCUT2D eigenvalue weighted by atomic mass is 10.1. The molecule has 22 nitrogen and oxygen atoms in total. The van der Waals surface area contributed by atoms with Crippen molar-refractivity contribution in [2.75, 3.05) is 70.4 Å². The van der Waals surface area contributed by atoms with Gasteiger partial charge in [0.25, 0.3) is 5.91 Å². The average Bonchev–Trinajstić information content (AvgIpc) is 3.18. The van der Waals surface area contributed by atoms with Crippen molar-refractivity contribution in [2.24, 2.45) is 22.2 Å². The van der Waals surface area contributed by atoms with Gasteiger partial charge in [-0.05, 0) is 49.7 Å². The summed E-state index contributed by atoms with van der Waals surface area (Å²) < 4.78 is 27.1. The third-order valence-electron chi connectivity index (χ3n) is 6.78. The number of piperazine rings is 1. The molecule has 0 unspecified atom stereocenters. The zero-order valence-electron chi connectivity index (χ0n) is 34.2. The van der Waals surface area contributed by atoms with Gasteiger partial charge in [-0.25, -0.2) is 28.4 Å². The van der Waals surface area contributed by atoms with Gasteiger partial charge in [-0.2, -0.15) is 0 Å². The molecule has 0 bridgehead atoms. The lowest BCUT2D eigenvalue weighted by molar-refractivity contribution is -0.138. The zero-order chi connectivity index (χ0) is 47.6. The summed E-state index contributed by atoms with van der Waals surface area (Å²) in [5.41, 5.74) is 17.0. The first kappa shape index (κ1) is 57.9. The summed E-state index contributed by atoms with van der Waals surface area (Å²) in [5, 5.41) is 40.4. The lowest BCUT2D eigenvalue weighted by Crippen LogP contribution is -2.54. The van der Waals surface area contributed by atoms with Crippen LogP contribution in [0.2, 0.25) is 5.02 Å². The number of amidine groups is 1. The second-order valence-corrected chi connectivity index (χ2v) is 14.8. The van der Waals surface area contributed by atoms with Crippen LogP contribution in [0.4, 0.5) is 24.5 Å². The third kappa shape index (κ3) is 33.6. The van der Waals surface area contributed by atoms with Crippen LogP contribution in [0, 0.1) is 11.2 Å². The van der Waals surface area contributed by atoms with Gasteiger partial charge >= 0.3 is 30.3 Å². The van der Waals surface area contributed by atoms with Crippen molar-refractivity contribution in [3.8, 4) is 5.75 Å². The van der Waals surface area contributed by atoms with Gasteiger partial charge in [-0.1, -0.05) is 45.3 Å². The number of carbonyl (C=O) groups is 6. The van der Waals surface area contributed by atoms with Gasteiger partial charge < -0.3 is 67.4 Å². The normalized spacial score (nSPS) is 13.0. The number of halogens is 2. The van der Waals surface area contributed by atoms with Crippen LogP contribution in [0.3, 0.4) is 0 Å². The minimum Gasteiger partial charge on any atom is -0.482 e. The molecule has 0 aromatic heterocycles. The molecule has 0 saturated carbocycles. The molecule has 3 amide bonds. The molecule has 1 atom stereocenters. The highest BCUT2D eigenvalue weighted by Crippen LogP contribution is 2.28. The molecule has 13 N–H and O–H groups in total. The standard InChI is InChI=1S/C21H24ClFN4O3.C7H17N5S2.C6H8O4.2CH2O3/c1-14-11-26(12-15-2-5-17(23)6-3-15)8-9-27(14)20(28)13-30-19-7-4-16(22)10-18(19)25-21(24)29;1-6(8)11-2-4-13-14-5-3-12-7(9)10;1-9-5(7)3-4-6(8)10-2;2*2-1(3)4/h2-7,10,14H,8-9,11-13H2,1H3,(H3,24,25,29);2-5H2,1H3,(H2,8,11)(H4,9,10,12);3-4H,1-2H3;2*(H2,2,3,4)/b;;4-3+;;/t14-;;;;/m1..../s1. The number of guanidine groups is 1. The summed E-state index contributed by atoms with van der Waals surface area (Å²) in [7, 11) is 5.94. The van der Waals surface area contributed by atoms with Crippen LogP contribution in [-0.4, -0.2) is 149 Å². The Kier molecular flexibility index (Phi) is 32.2. The van der Waals surface area contributed by atoms with E-state index in [-0.39, 0.29) is 30.3 Å². The van der Waals surface area contributed by atoms with Crippen LogP contribution >= 0.6 is 33.2 Å². The van der Waals surface area contributed by atoms with Crippen LogP contribution in [0.15, 0.2) is 59.6 Å². The fraction of sp³-hybridized carbons (Fsp3) is 0.389. The van der Waals surface area contributed by atoms with Gasteiger partial charge in [0.05, 0.1) is 32.3 Å². The summed E-state index contributed by atoms with van der Waals surface area (Å²) in [6, 6.07) is 10.4. The number of nitrogens with zero attached hydrogens (tertiary/aromatic N) is 3. The SMILES string of the molecule is CC(N)=NCCSSCCNC(=N)N.COC(=O)/C=C/C(=O)OC.C[C@@H]1CN(Cc2ccc(F)cc2)CCN1C(=O)COc1ccc(Cl)cc1NC(N)=O.O=C(O)O.O=C(O)O. The monoisotopic (exact) mass is 937 g/mol. The van der Waals surface area contributed by atoms with E-state index in [0.29, 0.717) is 48.5 Å². The Morgan fingerprint density at radius 2 is 1.48 bits per heavy atom. The van der Waals surface area contributed by atoms with E-state index >= 15 is 0 Å². The molecule has 346 valence electrons. The van der Waals surface area contributed by atoms with Crippen LogP contribution in [0.25, 0.3) is 0 Å². The predicted octanol–water partition coefficient (Wildman–Crippen LogP) is 3.64. The van der Waals surface area contributed by atoms with Crippen LogP contribution in [-0.2, 0) is 30.4 Å². The maximum atomic E-state index is 13.1.